The number of methoxy groups -OCH3 is 1. The summed E-state index contributed by atoms with van der Waals surface area (Å²) in [6.45, 7) is 8.82. The Morgan fingerprint density at radius 3 is 2.41 bits per heavy atom. The molecule has 2 heterocycles. The first kappa shape index (κ1) is 20.6. The Hall–Kier alpha value is -1.63. The molecule has 2 aliphatic heterocycles. The Morgan fingerprint density at radius 2 is 1.79 bits per heavy atom. The van der Waals surface area contributed by atoms with Crippen molar-refractivity contribution in [2.45, 2.75) is 70.6 Å². The van der Waals surface area contributed by atoms with Crippen molar-refractivity contribution in [3.8, 4) is 0 Å². The van der Waals surface area contributed by atoms with E-state index < -0.39 is 12.0 Å². The third kappa shape index (κ3) is 3.45. The van der Waals surface area contributed by atoms with Crippen LogP contribution in [0.5, 0.6) is 0 Å². The zero-order valence-corrected chi connectivity index (χ0v) is 18.1. The Morgan fingerprint density at radius 1 is 1.10 bits per heavy atom. The van der Waals surface area contributed by atoms with E-state index in [1.807, 2.05) is 25.7 Å². The van der Waals surface area contributed by atoms with Gasteiger partial charge < -0.3 is 19.3 Å². The summed E-state index contributed by atoms with van der Waals surface area (Å²) in [4.78, 5) is 42.7. The summed E-state index contributed by atoms with van der Waals surface area (Å²) in [5, 5.41) is 0. The van der Waals surface area contributed by atoms with Gasteiger partial charge in [-0.05, 0) is 59.0 Å². The normalized spacial score (nSPS) is 36.6. The standard InChI is InChI=1S/C22H34N2O5/c1-22(2,3)24-18-13-12-14(17(21(27)28-4)16(13)20(24)26)19(18)29-15(25)8-11-23-9-6-5-7-10-23/h13-14,16-19H,5-12H2,1-4H3. The highest BCUT2D eigenvalue weighted by Crippen LogP contribution is 2.61. The van der Waals surface area contributed by atoms with Crippen molar-refractivity contribution in [2.24, 2.45) is 23.7 Å². The number of esters is 2. The molecule has 0 aromatic carbocycles. The van der Waals surface area contributed by atoms with Gasteiger partial charge in [0.15, 0.2) is 0 Å². The Labute approximate surface area is 173 Å². The number of likely N-dealkylation sites (tertiary alicyclic amines) is 2. The van der Waals surface area contributed by atoms with Gasteiger partial charge in [0, 0.05) is 18.0 Å². The second-order valence-electron chi connectivity index (χ2n) is 10.1. The average Bonchev–Trinajstić information content (AvgIpc) is 3.28. The fourth-order valence-corrected chi connectivity index (χ4v) is 6.35. The largest absolute Gasteiger partial charge is 0.469 e. The molecule has 7 nitrogen and oxygen atoms in total. The Balaban J connectivity index is 1.50. The number of rotatable bonds is 5. The van der Waals surface area contributed by atoms with E-state index in [9.17, 15) is 14.4 Å². The summed E-state index contributed by atoms with van der Waals surface area (Å²) in [6, 6.07) is -0.127. The molecule has 2 saturated heterocycles. The number of ether oxygens (including phenoxy) is 2. The molecular formula is C22H34N2O5. The highest BCUT2D eigenvalue weighted by molar-refractivity contribution is 5.90. The van der Waals surface area contributed by atoms with Crippen LogP contribution in [-0.4, -0.2) is 72.1 Å². The van der Waals surface area contributed by atoms with Crippen LogP contribution in [0.15, 0.2) is 0 Å². The van der Waals surface area contributed by atoms with Crippen molar-refractivity contribution < 1.29 is 23.9 Å². The zero-order valence-electron chi connectivity index (χ0n) is 18.1. The molecule has 6 unspecified atom stereocenters. The van der Waals surface area contributed by atoms with Crippen molar-refractivity contribution in [3.05, 3.63) is 0 Å². The molecule has 4 aliphatic rings. The van der Waals surface area contributed by atoms with Crippen molar-refractivity contribution in [3.63, 3.8) is 0 Å². The molecule has 2 aliphatic carbocycles. The number of nitrogens with zero attached hydrogens (tertiary/aromatic N) is 2. The monoisotopic (exact) mass is 406 g/mol. The minimum Gasteiger partial charge on any atom is -0.469 e. The number of piperidine rings is 1. The molecule has 29 heavy (non-hydrogen) atoms. The number of amides is 1. The highest BCUT2D eigenvalue weighted by Gasteiger charge is 2.71. The molecule has 0 aromatic rings. The highest BCUT2D eigenvalue weighted by atomic mass is 16.5. The molecule has 162 valence electrons. The van der Waals surface area contributed by atoms with Crippen molar-refractivity contribution >= 4 is 17.8 Å². The number of carbonyl (C=O) groups excluding carboxylic acids is 3. The maximum absolute atomic E-state index is 13.2. The minimum atomic E-state index is -0.499. The van der Waals surface area contributed by atoms with Gasteiger partial charge in [0.1, 0.15) is 6.10 Å². The van der Waals surface area contributed by atoms with Crippen molar-refractivity contribution in [1.29, 1.82) is 0 Å². The second kappa shape index (κ2) is 7.56. The van der Waals surface area contributed by atoms with E-state index in [4.69, 9.17) is 9.47 Å². The van der Waals surface area contributed by atoms with Gasteiger partial charge in [-0.2, -0.15) is 0 Å². The van der Waals surface area contributed by atoms with E-state index in [2.05, 4.69) is 4.90 Å². The number of hydrogen-bond acceptors (Lipinski definition) is 6. The van der Waals surface area contributed by atoms with Gasteiger partial charge in [-0.1, -0.05) is 6.42 Å². The lowest BCUT2D eigenvalue weighted by Gasteiger charge is -2.40. The van der Waals surface area contributed by atoms with Gasteiger partial charge in [-0.25, -0.2) is 0 Å². The first-order valence-corrected chi connectivity index (χ1v) is 11.1. The fraction of sp³-hybridized carbons (Fsp3) is 0.864. The predicted octanol–water partition coefficient (Wildman–Crippen LogP) is 1.84. The predicted molar refractivity (Wildman–Crippen MR) is 106 cm³/mol. The Kier molecular flexibility index (Phi) is 5.38. The molecule has 2 saturated carbocycles. The quantitative estimate of drug-likeness (QED) is 0.649. The summed E-state index contributed by atoms with van der Waals surface area (Å²) < 4.78 is 11.0. The summed E-state index contributed by atoms with van der Waals surface area (Å²) in [5.74, 6) is -1.45. The maximum atomic E-state index is 13.2. The van der Waals surface area contributed by atoms with Gasteiger partial charge >= 0.3 is 11.9 Å². The van der Waals surface area contributed by atoms with Crippen LogP contribution >= 0.6 is 0 Å². The lowest BCUT2D eigenvalue weighted by atomic mass is 9.78. The van der Waals surface area contributed by atoms with E-state index >= 15 is 0 Å². The molecular weight excluding hydrogens is 372 g/mol. The molecule has 0 N–H and O–H groups in total. The van der Waals surface area contributed by atoms with Gasteiger partial charge in [-0.15, -0.1) is 0 Å². The van der Waals surface area contributed by atoms with Crippen LogP contribution in [0, 0.1) is 23.7 Å². The minimum absolute atomic E-state index is 0.0114. The van der Waals surface area contributed by atoms with Gasteiger partial charge in [0.05, 0.1) is 31.4 Å². The number of fused-ring (bicyclic) bond motifs is 1. The Bertz CT molecular complexity index is 681. The fourth-order valence-electron chi connectivity index (χ4n) is 6.35. The van der Waals surface area contributed by atoms with E-state index in [0.29, 0.717) is 6.42 Å². The van der Waals surface area contributed by atoms with Crippen molar-refractivity contribution in [1.82, 2.24) is 9.80 Å². The lowest BCUT2D eigenvalue weighted by molar-refractivity contribution is -0.163. The third-order valence-electron chi connectivity index (χ3n) is 7.42. The number of carbonyl (C=O) groups is 3. The van der Waals surface area contributed by atoms with Gasteiger partial charge in [0.25, 0.3) is 0 Å². The second-order valence-corrected chi connectivity index (χ2v) is 10.1. The average molecular weight is 407 g/mol. The topological polar surface area (TPSA) is 76.1 Å². The van der Waals surface area contributed by atoms with Gasteiger partial charge in [-0.3, -0.25) is 14.4 Å². The van der Waals surface area contributed by atoms with Crippen LogP contribution < -0.4 is 0 Å². The van der Waals surface area contributed by atoms with Gasteiger partial charge in [0.2, 0.25) is 5.91 Å². The lowest BCUT2D eigenvalue weighted by Crippen LogP contribution is -2.53. The molecule has 4 fully saturated rings. The van der Waals surface area contributed by atoms with E-state index in [-0.39, 0.29) is 47.2 Å². The first-order valence-electron chi connectivity index (χ1n) is 11.1. The summed E-state index contributed by atoms with van der Waals surface area (Å²) in [7, 11) is 1.37. The SMILES string of the molecule is COC(=O)C1C2CC3C1C(=O)N(C(C)(C)C)C3C2OC(=O)CCN1CCCCC1. The molecule has 2 bridgehead atoms. The summed E-state index contributed by atoms with van der Waals surface area (Å²) in [5.41, 5.74) is -0.382. The zero-order chi connectivity index (χ0) is 20.9. The number of hydrogen-bond donors (Lipinski definition) is 0. The molecule has 1 amide bonds. The molecule has 4 rings (SSSR count). The molecule has 6 atom stereocenters. The molecule has 0 aromatic heterocycles. The van der Waals surface area contributed by atoms with Crippen molar-refractivity contribution in [2.75, 3.05) is 26.7 Å². The maximum Gasteiger partial charge on any atom is 0.309 e. The van der Waals surface area contributed by atoms with Crippen LogP contribution in [-0.2, 0) is 23.9 Å². The van der Waals surface area contributed by atoms with E-state index in [1.165, 1.54) is 26.4 Å². The smallest absolute Gasteiger partial charge is 0.309 e. The van der Waals surface area contributed by atoms with Crippen LogP contribution in [0.25, 0.3) is 0 Å². The van der Waals surface area contributed by atoms with E-state index in [1.54, 1.807) is 0 Å². The third-order valence-corrected chi connectivity index (χ3v) is 7.42. The van der Waals surface area contributed by atoms with Crippen LogP contribution in [0.4, 0.5) is 0 Å². The van der Waals surface area contributed by atoms with Crippen LogP contribution in [0.1, 0.15) is 52.9 Å². The van der Waals surface area contributed by atoms with Crippen LogP contribution in [0.2, 0.25) is 0 Å². The molecule has 7 heteroatoms. The van der Waals surface area contributed by atoms with Crippen LogP contribution in [0.3, 0.4) is 0 Å². The summed E-state index contributed by atoms with van der Waals surface area (Å²) >= 11 is 0. The first-order chi connectivity index (χ1) is 13.7. The van der Waals surface area contributed by atoms with E-state index in [0.717, 1.165) is 26.1 Å². The molecule has 0 spiro atoms. The summed E-state index contributed by atoms with van der Waals surface area (Å²) in [6.07, 6.45) is 4.33. The molecule has 0 radical (unpaired) electrons.